The quantitative estimate of drug-likeness (QED) is 0.762. The number of carbonyl (C=O) groups excluding carboxylic acids is 1. The average molecular weight is 202 g/mol. The Kier molecular flexibility index (Phi) is 1.64. The van der Waals surface area contributed by atoms with Gasteiger partial charge < -0.3 is 9.90 Å². The summed E-state index contributed by atoms with van der Waals surface area (Å²) in [7, 11) is 0. The van der Waals surface area contributed by atoms with Crippen LogP contribution in [0.2, 0.25) is 0 Å². The minimum atomic E-state index is -0.388. The molecule has 0 radical (unpaired) electrons. The molecule has 3 aliphatic carbocycles. The summed E-state index contributed by atoms with van der Waals surface area (Å²) in [6.45, 7) is 0. The number of rotatable bonds is 3. The van der Waals surface area contributed by atoms with Crippen LogP contribution >= 0.6 is 0 Å². The first-order valence-corrected chi connectivity index (χ1v) is 5.39. The second kappa shape index (κ2) is 2.70. The highest BCUT2D eigenvalue weighted by atomic mass is 16.3. The van der Waals surface area contributed by atoms with E-state index in [1.807, 2.05) is 30.3 Å². The molecule has 0 aliphatic heterocycles. The molecular formula is C13H14O2. The molecule has 3 fully saturated rings. The first-order chi connectivity index (χ1) is 7.20. The van der Waals surface area contributed by atoms with Crippen LogP contribution in [0.25, 0.3) is 0 Å². The van der Waals surface area contributed by atoms with Gasteiger partial charge in [0.1, 0.15) is 6.29 Å². The number of hydrogen-bond donors (Lipinski definition) is 1. The lowest BCUT2D eigenvalue weighted by Crippen LogP contribution is -2.64. The summed E-state index contributed by atoms with van der Waals surface area (Å²) in [5.74, 6) is 0. The van der Waals surface area contributed by atoms with E-state index in [0.29, 0.717) is 0 Å². The molecular weight excluding hydrogens is 188 g/mol. The smallest absolute Gasteiger partial charge is 0.126 e. The molecule has 78 valence electrons. The van der Waals surface area contributed by atoms with Crippen molar-refractivity contribution in [1.29, 1.82) is 0 Å². The summed E-state index contributed by atoms with van der Waals surface area (Å²) in [5.41, 5.74) is 0.939. The van der Waals surface area contributed by atoms with Gasteiger partial charge in [0.25, 0.3) is 0 Å². The van der Waals surface area contributed by atoms with Crippen molar-refractivity contribution in [2.45, 2.75) is 25.4 Å². The Labute approximate surface area is 88.9 Å². The monoisotopic (exact) mass is 202 g/mol. The van der Waals surface area contributed by atoms with Crippen LogP contribution in [0.3, 0.4) is 0 Å². The van der Waals surface area contributed by atoms with E-state index in [2.05, 4.69) is 0 Å². The molecule has 1 aromatic rings. The molecule has 0 aromatic heterocycles. The lowest BCUT2D eigenvalue weighted by Gasteiger charge is -2.70. The van der Waals surface area contributed by atoms with Gasteiger partial charge in [-0.1, -0.05) is 30.3 Å². The Hall–Kier alpha value is -1.15. The Balaban J connectivity index is 1.79. The summed E-state index contributed by atoms with van der Waals surface area (Å²) in [4.78, 5) is 10.8. The second-order valence-electron chi connectivity index (χ2n) is 5.19. The molecule has 1 unspecified atom stereocenters. The molecule has 0 saturated heterocycles. The minimum Gasteiger partial charge on any atom is -0.388 e. The van der Waals surface area contributed by atoms with E-state index < -0.39 is 0 Å². The Morgan fingerprint density at radius 3 is 2.33 bits per heavy atom. The fourth-order valence-corrected chi connectivity index (χ4v) is 3.35. The van der Waals surface area contributed by atoms with E-state index in [9.17, 15) is 9.90 Å². The predicted molar refractivity (Wildman–Crippen MR) is 56.2 cm³/mol. The molecule has 2 nitrogen and oxygen atoms in total. The number of benzene rings is 1. The highest BCUT2D eigenvalue weighted by Gasteiger charge is 2.70. The zero-order valence-electron chi connectivity index (χ0n) is 8.52. The third kappa shape index (κ3) is 1.06. The van der Waals surface area contributed by atoms with Gasteiger partial charge in [0, 0.05) is 10.8 Å². The van der Waals surface area contributed by atoms with Crippen LogP contribution in [-0.2, 0) is 4.79 Å². The Morgan fingerprint density at radius 1 is 1.20 bits per heavy atom. The van der Waals surface area contributed by atoms with E-state index in [-0.39, 0.29) is 16.9 Å². The summed E-state index contributed by atoms with van der Waals surface area (Å²) < 4.78 is 0. The zero-order chi connectivity index (χ0) is 10.5. The van der Waals surface area contributed by atoms with E-state index in [4.69, 9.17) is 0 Å². The van der Waals surface area contributed by atoms with Gasteiger partial charge in [-0.2, -0.15) is 0 Å². The number of carbonyl (C=O) groups is 1. The number of hydrogen-bond acceptors (Lipinski definition) is 2. The fourth-order valence-electron chi connectivity index (χ4n) is 3.35. The van der Waals surface area contributed by atoms with Crippen molar-refractivity contribution in [3.63, 3.8) is 0 Å². The molecule has 1 atom stereocenters. The van der Waals surface area contributed by atoms with E-state index in [0.717, 1.165) is 31.1 Å². The van der Waals surface area contributed by atoms with Gasteiger partial charge in [-0.25, -0.2) is 0 Å². The van der Waals surface area contributed by atoms with Crippen molar-refractivity contribution >= 4 is 6.29 Å². The standard InChI is InChI=1S/C13H14O2/c14-9-12-6-13(7-12,8-12)11(15)10-4-2-1-3-5-10/h1-5,9,11,15H,6-8H2. The van der Waals surface area contributed by atoms with Gasteiger partial charge in [0.05, 0.1) is 6.10 Å². The van der Waals surface area contributed by atoms with E-state index >= 15 is 0 Å². The third-order valence-corrected chi connectivity index (χ3v) is 4.06. The van der Waals surface area contributed by atoms with Gasteiger partial charge in [0.2, 0.25) is 0 Å². The zero-order valence-corrected chi connectivity index (χ0v) is 8.52. The Morgan fingerprint density at radius 2 is 1.80 bits per heavy atom. The molecule has 3 aliphatic rings. The maximum absolute atomic E-state index is 10.8. The molecule has 1 aromatic carbocycles. The third-order valence-electron chi connectivity index (χ3n) is 4.06. The number of aliphatic hydroxyl groups excluding tert-OH is 1. The normalized spacial score (nSPS) is 38.7. The molecule has 1 N–H and O–H groups in total. The number of aliphatic hydroxyl groups is 1. The topological polar surface area (TPSA) is 37.3 Å². The molecule has 15 heavy (non-hydrogen) atoms. The summed E-state index contributed by atoms with van der Waals surface area (Å²) >= 11 is 0. The maximum atomic E-state index is 10.8. The molecule has 3 saturated carbocycles. The van der Waals surface area contributed by atoms with Crippen molar-refractivity contribution < 1.29 is 9.90 Å². The molecule has 2 heteroatoms. The van der Waals surface area contributed by atoms with Crippen LogP contribution < -0.4 is 0 Å². The SMILES string of the molecule is O=CC12CC(C(O)c3ccccc3)(C1)C2. The average Bonchev–Trinajstić information content (AvgIpc) is 2.16. The van der Waals surface area contributed by atoms with Gasteiger partial charge in [-0.3, -0.25) is 0 Å². The highest BCUT2D eigenvalue weighted by Crippen LogP contribution is 2.76. The van der Waals surface area contributed by atoms with Crippen LogP contribution in [0, 0.1) is 10.8 Å². The van der Waals surface area contributed by atoms with Gasteiger partial charge in [0.15, 0.2) is 0 Å². The summed E-state index contributed by atoms with van der Waals surface area (Å²) in [5, 5.41) is 10.2. The van der Waals surface area contributed by atoms with Crippen molar-refractivity contribution in [3.05, 3.63) is 35.9 Å². The van der Waals surface area contributed by atoms with Gasteiger partial charge >= 0.3 is 0 Å². The van der Waals surface area contributed by atoms with Crippen molar-refractivity contribution in [3.8, 4) is 0 Å². The molecule has 4 rings (SSSR count). The predicted octanol–water partition coefficient (Wildman–Crippen LogP) is 2.09. The van der Waals surface area contributed by atoms with Crippen LogP contribution in [0.1, 0.15) is 30.9 Å². The maximum Gasteiger partial charge on any atom is 0.126 e. The van der Waals surface area contributed by atoms with Crippen LogP contribution in [-0.4, -0.2) is 11.4 Å². The Bertz CT molecular complexity index is 376. The first-order valence-electron chi connectivity index (χ1n) is 5.39. The summed E-state index contributed by atoms with van der Waals surface area (Å²) in [6, 6.07) is 9.75. The second-order valence-corrected chi connectivity index (χ2v) is 5.19. The minimum absolute atomic E-state index is 0.0161. The van der Waals surface area contributed by atoms with Crippen molar-refractivity contribution in [1.82, 2.24) is 0 Å². The van der Waals surface area contributed by atoms with Crippen LogP contribution in [0.15, 0.2) is 30.3 Å². The summed E-state index contributed by atoms with van der Waals surface area (Å²) in [6.07, 6.45) is 3.31. The highest BCUT2D eigenvalue weighted by molar-refractivity contribution is 5.66. The van der Waals surface area contributed by atoms with Crippen LogP contribution in [0.4, 0.5) is 0 Å². The molecule has 0 amide bonds. The first kappa shape index (κ1) is 9.10. The van der Waals surface area contributed by atoms with Crippen LogP contribution in [0.5, 0.6) is 0 Å². The lowest BCUT2D eigenvalue weighted by atomic mass is 9.34. The molecule has 2 bridgehead atoms. The largest absolute Gasteiger partial charge is 0.388 e. The van der Waals surface area contributed by atoms with Gasteiger partial charge in [-0.05, 0) is 24.8 Å². The van der Waals surface area contributed by atoms with E-state index in [1.54, 1.807) is 0 Å². The van der Waals surface area contributed by atoms with Crippen molar-refractivity contribution in [2.75, 3.05) is 0 Å². The van der Waals surface area contributed by atoms with Gasteiger partial charge in [-0.15, -0.1) is 0 Å². The van der Waals surface area contributed by atoms with E-state index in [1.165, 1.54) is 0 Å². The molecule has 0 spiro atoms. The number of aldehydes is 1. The lowest BCUT2D eigenvalue weighted by molar-refractivity contribution is -0.238. The van der Waals surface area contributed by atoms with Crippen molar-refractivity contribution in [2.24, 2.45) is 10.8 Å². The fraction of sp³-hybridized carbons (Fsp3) is 0.462. The molecule has 0 heterocycles.